The number of carboxylic acids is 2. The van der Waals surface area contributed by atoms with Crippen molar-refractivity contribution in [1.82, 2.24) is 37.2 Å². The summed E-state index contributed by atoms with van der Waals surface area (Å²) in [5, 5.41) is 35.6. The van der Waals surface area contributed by atoms with Crippen molar-refractivity contribution in [3.63, 3.8) is 0 Å². The zero-order chi connectivity index (χ0) is 46.6. The molecule has 0 aliphatic heterocycles. The molecule has 0 bridgehead atoms. The number of carbonyl (C=O) groups is 10. The van der Waals surface area contributed by atoms with Gasteiger partial charge >= 0.3 is 11.9 Å². The maximum Gasteiger partial charge on any atom is 0.326 e. The van der Waals surface area contributed by atoms with Crippen LogP contribution in [-0.4, -0.2) is 149 Å². The second-order valence-electron chi connectivity index (χ2n) is 13.9. The fraction of sp³-hybridized carbons (Fsp3) is 0.579. The fourth-order valence-electron chi connectivity index (χ4n) is 5.57. The highest BCUT2D eigenvalue weighted by Gasteiger charge is 2.31. The van der Waals surface area contributed by atoms with Gasteiger partial charge in [0.05, 0.1) is 25.6 Å². The normalized spacial score (nSPS) is 13.7. The molecule has 0 aromatic heterocycles. The molecule has 1 rings (SSSR count). The highest BCUT2D eigenvalue weighted by atomic mass is 32.2. The minimum atomic E-state index is -1.66. The molecule has 24 heteroatoms. The molecule has 0 spiro atoms. The third kappa shape index (κ3) is 22.9. The first-order valence-electron chi connectivity index (χ1n) is 19.7. The number of benzene rings is 1. The van der Waals surface area contributed by atoms with Crippen LogP contribution >= 0.6 is 23.5 Å². The van der Waals surface area contributed by atoms with E-state index in [9.17, 15) is 58.2 Å². The molecule has 0 fully saturated rings. The second kappa shape index (κ2) is 30.5. The van der Waals surface area contributed by atoms with Crippen LogP contribution in [0.4, 0.5) is 0 Å². The van der Waals surface area contributed by atoms with Gasteiger partial charge in [-0.1, -0.05) is 30.3 Å². The topological polar surface area (TPSA) is 373 Å². The number of rotatable bonds is 32. The van der Waals surface area contributed by atoms with Crippen LogP contribution in [0.3, 0.4) is 0 Å². The molecule has 0 aliphatic carbocycles. The lowest BCUT2D eigenvalue weighted by Crippen LogP contribution is -2.57. The zero-order valence-corrected chi connectivity index (χ0v) is 36.4. The molecule has 1 aromatic carbocycles. The number of aliphatic carboxylic acids is 2. The van der Waals surface area contributed by atoms with Gasteiger partial charge in [-0.3, -0.25) is 43.2 Å². The first-order chi connectivity index (χ1) is 29.4. The van der Waals surface area contributed by atoms with E-state index in [0.29, 0.717) is 24.3 Å². The van der Waals surface area contributed by atoms with Gasteiger partial charge < -0.3 is 64.6 Å². The van der Waals surface area contributed by atoms with E-state index < -0.39 is 128 Å². The molecule has 0 saturated heterocycles. The average molecular weight is 913 g/mol. The van der Waals surface area contributed by atoms with Crippen molar-refractivity contribution in [3.05, 3.63) is 35.9 Å². The van der Waals surface area contributed by atoms with Gasteiger partial charge in [-0.2, -0.15) is 23.5 Å². The van der Waals surface area contributed by atoms with Gasteiger partial charge in [0, 0.05) is 6.42 Å². The molecule has 8 amide bonds. The van der Waals surface area contributed by atoms with Crippen molar-refractivity contribution in [1.29, 1.82) is 0 Å². The smallest absolute Gasteiger partial charge is 0.326 e. The maximum atomic E-state index is 13.5. The highest BCUT2D eigenvalue weighted by molar-refractivity contribution is 7.98. The van der Waals surface area contributed by atoms with Gasteiger partial charge in [-0.25, -0.2) is 4.79 Å². The minimum Gasteiger partial charge on any atom is -0.481 e. The summed E-state index contributed by atoms with van der Waals surface area (Å²) in [6.07, 6.45) is 3.06. The van der Waals surface area contributed by atoms with E-state index in [4.69, 9.17) is 17.2 Å². The molecule has 6 atom stereocenters. The van der Waals surface area contributed by atoms with Crippen LogP contribution in [0.25, 0.3) is 0 Å². The van der Waals surface area contributed by atoms with Crippen molar-refractivity contribution in [3.8, 4) is 0 Å². The lowest BCUT2D eigenvalue weighted by Gasteiger charge is -2.25. The quantitative estimate of drug-likeness (QED) is 0.0315. The van der Waals surface area contributed by atoms with E-state index in [1.165, 1.54) is 23.5 Å². The molecule has 0 unspecified atom stereocenters. The molecule has 22 nitrogen and oxygen atoms in total. The van der Waals surface area contributed by atoms with Gasteiger partial charge in [0.2, 0.25) is 47.3 Å². The summed E-state index contributed by atoms with van der Waals surface area (Å²) in [4.78, 5) is 126. The van der Waals surface area contributed by atoms with E-state index in [1.807, 2.05) is 6.07 Å². The van der Waals surface area contributed by atoms with Crippen molar-refractivity contribution in [2.45, 2.75) is 94.0 Å². The van der Waals surface area contributed by atoms with Crippen molar-refractivity contribution >= 4 is 82.7 Å². The van der Waals surface area contributed by atoms with E-state index in [1.54, 1.807) is 36.8 Å². The maximum absolute atomic E-state index is 13.5. The molecule has 0 aliphatic rings. The Morgan fingerprint density at radius 3 is 1.55 bits per heavy atom. The molecule has 0 saturated carbocycles. The Balaban J connectivity index is 3.03. The Morgan fingerprint density at radius 2 is 1.08 bits per heavy atom. The largest absolute Gasteiger partial charge is 0.481 e. The van der Waals surface area contributed by atoms with E-state index in [0.717, 1.165) is 5.56 Å². The zero-order valence-electron chi connectivity index (χ0n) is 34.8. The number of hydrogen-bond donors (Lipinski definition) is 12. The Labute approximate surface area is 367 Å². The average Bonchev–Trinajstić information content (AvgIpc) is 3.22. The lowest BCUT2D eigenvalue weighted by atomic mass is 10.1. The van der Waals surface area contributed by atoms with Crippen molar-refractivity contribution < 1.29 is 58.2 Å². The third-order valence-corrected chi connectivity index (χ3v) is 10.2. The Morgan fingerprint density at radius 1 is 0.613 bits per heavy atom. The summed E-state index contributed by atoms with van der Waals surface area (Å²) < 4.78 is 0. The molecule has 1 aromatic rings. The number of nitrogens with two attached hydrogens (primary N) is 3. The summed E-state index contributed by atoms with van der Waals surface area (Å²) in [6.45, 7) is -0.984. The number of primary amides is 1. The second-order valence-corrected chi connectivity index (χ2v) is 15.9. The van der Waals surface area contributed by atoms with Gasteiger partial charge in [0.25, 0.3) is 0 Å². The molecule has 15 N–H and O–H groups in total. The van der Waals surface area contributed by atoms with Crippen LogP contribution in [0.5, 0.6) is 0 Å². The van der Waals surface area contributed by atoms with E-state index >= 15 is 0 Å². The van der Waals surface area contributed by atoms with Gasteiger partial charge in [0.15, 0.2) is 0 Å². The molecule has 346 valence electrons. The van der Waals surface area contributed by atoms with Gasteiger partial charge in [-0.15, -0.1) is 0 Å². The predicted octanol–water partition coefficient (Wildman–Crippen LogP) is -3.33. The van der Waals surface area contributed by atoms with E-state index in [2.05, 4.69) is 37.2 Å². The number of carbonyl (C=O) groups excluding carboxylic acids is 8. The molecule has 0 radical (unpaired) electrons. The number of unbranched alkanes of at least 4 members (excludes halogenated alkanes) is 1. The Bertz CT molecular complexity index is 1680. The summed E-state index contributed by atoms with van der Waals surface area (Å²) in [5.74, 6) is -8.76. The minimum absolute atomic E-state index is 0.0453. The van der Waals surface area contributed by atoms with Crippen LogP contribution in [0.2, 0.25) is 0 Å². The van der Waals surface area contributed by atoms with Crippen LogP contribution in [0.1, 0.15) is 56.9 Å². The molecular weight excluding hydrogens is 853 g/mol. The number of thioether (sulfide) groups is 2. The number of hydrogen-bond acceptors (Lipinski definition) is 14. The van der Waals surface area contributed by atoms with Crippen LogP contribution in [0.15, 0.2) is 30.3 Å². The molecule has 0 heterocycles. The van der Waals surface area contributed by atoms with E-state index in [-0.39, 0.29) is 32.2 Å². The third-order valence-electron chi connectivity index (χ3n) is 8.89. The monoisotopic (exact) mass is 912 g/mol. The van der Waals surface area contributed by atoms with Gasteiger partial charge in [-0.05, 0) is 81.1 Å². The Kier molecular flexibility index (Phi) is 26.9. The summed E-state index contributed by atoms with van der Waals surface area (Å²) in [6, 6.07) is 1.16. The summed E-state index contributed by atoms with van der Waals surface area (Å²) in [5.41, 5.74) is 17.5. The highest BCUT2D eigenvalue weighted by Crippen LogP contribution is 2.08. The number of amides is 8. The Hall–Kier alpha value is -5.46. The summed E-state index contributed by atoms with van der Waals surface area (Å²) in [7, 11) is 0. The SMILES string of the molecule is CSCC[C@H](NC(=O)CNC(=O)[C@@H](N)Cc1ccccc1)C(=O)N[C@@H](CCC(=O)O)C(=O)NCC(=O)N[C@@H](CCCCN)C(=O)N[C@@H](CCSC)C(=O)N[C@@H](CC(N)=O)C(=O)O. The predicted molar refractivity (Wildman–Crippen MR) is 231 cm³/mol. The standard InChI is InChI=1S/C38H60N10O12S2/c1-61-16-13-26(45-30(50)20-42-33(54)23(40)18-22-8-4-3-5-9-22)36(57)46-25(11-12-32(52)53)34(55)43-21-31(51)44-24(10-6-7-15-39)35(56)47-27(14-17-62-2)37(58)48-28(38(59)60)19-29(41)49/h3-5,8-9,23-28H,6-7,10-21,39-40H2,1-2H3,(H2,41,49)(H,42,54)(H,43,55)(H,44,51)(H,45,50)(H,46,57)(H,47,56)(H,48,58)(H,52,53)(H,59,60)/t23-,24-,25-,26-,27-,28-/m0/s1. The molecular formula is C38H60N10O12S2. The van der Waals surface area contributed by atoms with Crippen LogP contribution < -0.4 is 54.4 Å². The fourth-order valence-corrected chi connectivity index (χ4v) is 6.51. The first kappa shape index (κ1) is 54.6. The lowest BCUT2D eigenvalue weighted by molar-refractivity contribution is -0.143. The molecule has 62 heavy (non-hydrogen) atoms. The first-order valence-corrected chi connectivity index (χ1v) is 22.5. The van der Waals surface area contributed by atoms with Crippen molar-refractivity contribution in [2.75, 3.05) is 43.7 Å². The van der Waals surface area contributed by atoms with Crippen LogP contribution in [-0.2, 0) is 54.4 Å². The van der Waals surface area contributed by atoms with Gasteiger partial charge in [0.1, 0.15) is 30.2 Å². The van der Waals surface area contributed by atoms with Crippen molar-refractivity contribution in [2.24, 2.45) is 17.2 Å². The summed E-state index contributed by atoms with van der Waals surface area (Å²) >= 11 is 2.70. The van der Waals surface area contributed by atoms with Crippen LogP contribution in [0, 0.1) is 0 Å². The number of carboxylic acid groups (broad SMARTS) is 2. The number of nitrogens with one attached hydrogen (secondary N) is 7.